The van der Waals surface area contributed by atoms with Crippen molar-refractivity contribution in [2.24, 2.45) is 0 Å². The van der Waals surface area contributed by atoms with Gasteiger partial charge in [-0.3, -0.25) is 4.79 Å². The van der Waals surface area contributed by atoms with Crippen molar-refractivity contribution in [2.45, 2.75) is 13.8 Å². The van der Waals surface area contributed by atoms with E-state index in [2.05, 4.69) is 0 Å². The van der Waals surface area contributed by atoms with Crippen molar-refractivity contribution < 1.29 is 9.18 Å². The van der Waals surface area contributed by atoms with Crippen molar-refractivity contribution in [2.75, 3.05) is 0 Å². The number of thiophene rings is 1. The zero-order chi connectivity index (χ0) is 12.6. The van der Waals surface area contributed by atoms with Crippen molar-refractivity contribution in [3.05, 3.63) is 56.0 Å². The molecular formula is C13H10ClFOS. The average molecular weight is 269 g/mol. The highest BCUT2D eigenvalue weighted by molar-refractivity contribution is 7.14. The number of carbonyl (C=O) groups is 1. The van der Waals surface area contributed by atoms with Crippen LogP contribution in [0.25, 0.3) is 0 Å². The first-order chi connectivity index (χ1) is 7.99. The standard InChI is InChI=1S/C13H10ClFOS/c1-7-5-8(2)17-13(7)12(16)9-3-4-11(15)10(14)6-9/h3-6H,1-2H3. The fourth-order valence-corrected chi connectivity index (χ4v) is 2.80. The van der Waals surface area contributed by atoms with Gasteiger partial charge in [0.25, 0.3) is 0 Å². The van der Waals surface area contributed by atoms with E-state index in [4.69, 9.17) is 11.6 Å². The second-order valence-electron chi connectivity index (χ2n) is 3.83. The molecule has 2 rings (SSSR count). The van der Waals surface area contributed by atoms with Crippen LogP contribution >= 0.6 is 22.9 Å². The Kier molecular flexibility index (Phi) is 3.31. The Morgan fingerprint density at radius 3 is 2.53 bits per heavy atom. The van der Waals surface area contributed by atoms with Crippen LogP contribution in [0.3, 0.4) is 0 Å². The summed E-state index contributed by atoms with van der Waals surface area (Å²) in [6.07, 6.45) is 0. The van der Waals surface area contributed by atoms with Gasteiger partial charge in [0, 0.05) is 10.4 Å². The van der Waals surface area contributed by atoms with Crippen molar-refractivity contribution in [3.8, 4) is 0 Å². The van der Waals surface area contributed by atoms with Gasteiger partial charge in [0.05, 0.1) is 9.90 Å². The molecule has 1 aromatic heterocycles. The highest BCUT2D eigenvalue weighted by Crippen LogP contribution is 2.25. The molecule has 1 nitrogen and oxygen atoms in total. The minimum absolute atomic E-state index is 0.0261. The lowest BCUT2D eigenvalue weighted by atomic mass is 10.1. The minimum Gasteiger partial charge on any atom is -0.288 e. The van der Waals surface area contributed by atoms with Crippen molar-refractivity contribution in [1.29, 1.82) is 0 Å². The molecule has 0 aliphatic carbocycles. The zero-order valence-corrected chi connectivity index (χ0v) is 11.0. The number of hydrogen-bond donors (Lipinski definition) is 0. The topological polar surface area (TPSA) is 17.1 Å². The normalized spacial score (nSPS) is 10.6. The van der Waals surface area contributed by atoms with Gasteiger partial charge in [-0.15, -0.1) is 11.3 Å². The zero-order valence-electron chi connectivity index (χ0n) is 9.38. The van der Waals surface area contributed by atoms with Crippen molar-refractivity contribution in [1.82, 2.24) is 0 Å². The lowest BCUT2D eigenvalue weighted by Crippen LogP contribution is -2.00. The Balaban J connectivity index is 2.44. The number of benzene rings is 1. The Hall–Kier alpha value is -1.19. The predicted molar refractivity (Wildman–Crippen MR) is 68.6 cm³/mol. The molecule has 0 N–H and O–H groups in total. The Morgan fingerprint density at radius 1 is 1.29 bits per heavy atom. The molecule has 0 atom stereocenters. The van der Waals surface area contributed by atoms with Crippen LogP contribution in [0.5, 0.6) is 0 Å². The van der Waals surface area contributed by atoms with Gasteiger partial charge in [-0.2, -0.15) is 0 Å². The summed E-state index contributed by atoms with van der Waals surface area (Å²) in [7, 11) is 0. The summed E-state index contributed by atoms with van der Waals surface area (Å²) < 4.78 is 13.0. The molecule has 0 unspecified atom stereocenters. The van der Waals surface area contributed by atoms with Crippen LogP contribution in [0.2, 0.25) is 5.02 Å². The Labute approximate surface area is 108 Å². The molecular weight excluding hydrogens is 259 g/mol. The van der Waals surface area contributed by atoms with E-state index in [1.807, 2.05) is 19.9 Å². The largest absolute Gasteiger partial charge is 0.288 e. The first-order valence-electron chi connectivity index (χ1n) is 5.06. The predicted octanol–water partition coefficient (Wildman–Crippen LogP) is 4.39. The number of halogens is 2. The average Bonchev–Trinajstić information content (AvgIpc) is 2.61. The maximum atomic E-state index is 13.0. The van der Waals surface area contributed by atoms with Crippen LogP contribution in [0.1, 0.15) is 25.7 Å². The lowest BCUT2D eigenvalue weighted by Gasteiger charge is -2.01. The third-order valence-corrected chi connectivity index (χ3v) is 3.87. The summed E-state index contributed by atoms with van der Waals surface area (Å²) in [5, 5.41) is -0.0261. The van der Waals surface area contributed by atoms with Gasteiger partial charge in [-0.1, -0.05) is 11.6 Å². The smallest absolute Gasteiger partial charge is 0.203 e. The second-order valence-corrected chi connectivity index (χ2v) is 5.49. The molecule has 0 saturated heterocycles. The first kappa shape index (κ1) is 12.3. The Bertz CT molecular complexity index is 589. The van der Waals surface area contributed by atoms with Crippen LogP contribution in [0.4, 0.5) is 4.39 Å². The molecule has 0 fully saturated rings. The molecule has 0 bridgehead atoms. The number of carbonyl (C=O) groups excluding carboxylic acids is 1. The SMILES string of the molecule is Cc1cc(C)c(C(=O)c2ccc(F)c(Cl)c2)s1. The summed E-state index contributed by atoms with van der Waals surface area (Å²) in [5.74, 6) is -0.621. The van der Waals surface area contributed by atoms with E-state index in [0.29, 0.717) is 10.4 Å². The van der Waals surface area contributed by atoms with Gasteiger partial charge < -0.3 is 0 Å². The second kappa shape index (κ2) is 4.59. The molecule has 1 aromatic carbocycles. The molecule has 0 aliphatic heterocycles. The summed E-state index contributed by atoms with van der Waals surface area (Å²) in [6, 6.07) is 6.00. The van der Waals surface area contributed by atoms with Crippen molar-refractivity contribution >= 4 is 28.7 Å². The van der Waals surface area contributed by atoms with Gasteiger partial charge in [-0.05, 0) is 43.7 Å². The fraction of sp³-hybridized carbons (Fsp3) is 0.154. The molecule has 0 saturated carbocycles. The lowest BCUT2D eigenvalue weighted by molar-refractivity contribution is 0.104. The number of ketones is 1. The molecule has 0 spiro atoms. The summed E-state index contributed by atoms with van der Waals surface area (Å²) in [4.78, 5) is 13.9. The van der Waals surface area contributed by atoms with Gasteiger partial charge in [0.15, 0.2) is 0 Å². The maximum absolute atomic E-state index is 13.0. The van der Waals surface area contributed by atoms with Gasteiger partial charge in [0.2, 0.25) is 5.78 Å². The Morgan fingerprint density at radius 2 is 2.00 bits per heavy atom. The minimum atomic E-state index is -0.512. The molecule has 0 aliphatic rings. The molecule has 4 heteroatoms. The molecule has 2 aromatic rings. The fourth-order valence-electron chi connectivity index (χ4n) is 1.64. The van der Waals surface area contributed by atoms with E-state index in [0.717, 1.165) is 10.4 Å². The summed E-state index contributed by atoms with van der Waals surface area (Å²) in [5.41, 5.74) is 1.36. The number of aryl methyl sites for hydroxylation is 2. The number of hydrogen-bond acceptors (Lipinski definition) is 2. The van der Waals surface area contributed by atoms with Crippen molar-refractivity contribution in [3.63, 3.8) is 0 Å². The van der Waals surface area contributed by atoms with Crippen LogP contribution in [-0.4, -0.2) is 5.78 Å². The van der Waals surface area contributed by atoms with E-state index < -0.39 is 5.82 Å². The van der Waals surface area contributed by atoms with Crippen LogP contribution < -0.4 is 0 Å². The quantitative estimate of drug-likeness (QED) is 0.739. The molecule has 0 amide bonds. The molecule has 0 radical (unpaired) electrons. The van der Waals surface area contributed by atoms with Gasteiger partial charge >= 0.3 is 0 Å². The summed E-state index contributed by atoms with van der Waals surface area (Å²) in [6.45, 7) is 3.84. The van der Waals surface area contributed by atoms with Crippen LogP contribution in [0.15, 0.2) is 24.3 Å². The van der Waals surface area contributed by atoms with E-state index in [9.17, 15) is 9.18 Å². The molecule has 17 heavy (non-hydrogen) atoms. The summed E-state index contributed by atoms with van der Waals surface area (Å²) >= 11 is 7.11. The van der Waals surface area contributed by atoms with Crippen LogP contribution in [0, 0.1) is 19.7 Å². The third kappa shape index (κ3) is 2.40. The number of rotatable bonds is 2. The first-order valence-corrected chi connectivity index (χ1v) is 6.25. The van der Waals surface area contributed by atoms with E-state index in [1.54, 1.807) is 0 Å². The van der Waals surface area contributed by atoms with E-state index in [1.165, 1.54) is 29.5 Å². The highest BCUT2D eigenvalue weighted by Gasteiger charge is 2.15. The highest BCUT2D eigenvalue weighted by atomic mass is 35.5. The molecule has 1 heterocycles. The van der Waals surface area contributed by atoms with Crippen LogP contribution in [-0.2, 0) is 0 Å². The van der Waals surface area contributed by atoms with E-state index in [-0.39, 0.29) is 10.8 Å². The van der Waals surface area contributed by atoms with Gasteiger partial charge in [-0.25, -0.2) is 4.39 Å². The van der Waals surface area contributed by atoms with Gasteiger partial charge in [0.1, 0.15) is 5.82 Å². The van der Waals surface area contributed by atoms with E-state index >= 15 is 0 Å². The molecule has 88 valence electrons. The maximum Gasteiger partial charge on any atom is 0.203 e. The monoisotopic (exact) mass is 268 g/mol. The third-order valence-electron chi connectivity index (χ3n) is 2.43.